The SMILES string of the molecule is C#COc1ccc(C(=O)O)c(C(=O)Oc2ccc(C(C)(C)c3ccc(OOCc4cc(OCCOc5ccccc5)ccc4C(=O)O)cc3)cc2)c1.Oc1ccccc1. The summed E-state index contributed by atoms with van der Waals surface area (Å²) in [5, 5.41) is 27.8. The van der Waals surface area contributed by atoms with Gasteiger partial charge in [-0.05, 0) is 96.1 Å². The molecule has 12 nitrogen and oxygen atoms in total. The van der Waals surface area contributed by atoms with E-state index >= 15 is 0 Å². The summed E-state index contributed by atoms with van der Waals surface area (Å²) in [5.41, 5.74) is 1.33. The number of para-hydroxylation sites is 2. The fourth-order valence-electron chi connectivity index (χ4n) is 5.62. The van der Waals surface area contributed by atoms with Gasteiger partial charge in [-0.15, -0.1) is 0 Å². The third kappa shape index (κ3) is 12.1. The van der Waals surface area contributed by atoms with Gasteiger partial charge in [0.15, 0.2) is 5.75 Å². The Labute approximate surface area is 340 Å². The molecule has 59 heavy (non-hydrogen) atoms. The number of carbonyl (C=O) groups is 3. The average Bonchev–Trinajstić information content (AvgIpc) is 3.23. The van der Waals surface area contributed by atoms with E-state index in [4.69, 9.17) is 40.3 Å². The molecule has 0 heterocycles. The van der Waals surface area contributed by atoms with Crippen molar-refractivity contribution in [3.05, 3.63) is 179 Å². The maximum Gasteiger partial charge on any atom is 0.344 e. The standard InChI is InChI=1S/C41H34O11.C6H6O/c1-4-47-34-19-21-36(39(44)45)37(25-34)40(46)51-31-14-10-28(11-15-31)41(2,3)29-12-16-32(17-13-29)52-50-26-27-24-33(18-20-35(27)38(42)43)49-23-22-48-30-8-6-5-7-9-30;7-6-4-2-1-3-5-6/h1,5-21,24-25H,22-23,26H2,2-3H3,(H,42,43)(H,44,45);1-5,7H. The van der Waals surface area contributed by atoms with Gasteiger partial charge in [-0.1, -0.05) is 80.9 Å². The van der Waals surface area contributed by atoms with Gasteiger partial charge in [0.05, 0.1) is 16.7 Å². The zero-order valence-electron chi connectivity index (χ0n) is 32.1. The molecule has 300 valence electrons. The summed E-state index contributed by atoms with van der Waals surface area (Å²) in [6.45, 7) is 4.46. The van der Waals surface area contributed by atoms with Gasteiger partial charge in [-0.25, -0.2) is 14.4 Å². The number of phenols is 1. The molecule has 6 aromatic carbocycles. The number of phenolic OH excluding ortho intramolecular Hbond substituents is 1. The average molecular weight is 797 g/mol. The smallest absolute Gasteiger partial charge is 0.344 e. The van der Waals surface area contributed by atoms with Crippen LogP contribution in [-0.4, -0.2) is 46.4 Å². The van der Waals surface area contributed by atoms with Crippen molar-refractivity contribution < 1.29 is 58.4 Å². The van der Waals surface area contributed by atoms with Gasteiger partial charge in [0.1, 0.15) is 54.7 Å². The number of rotatable bonds is 16. The largest absolute Gasteiger partial charge is 0.508 e. The lowest BCUT2D eigenvalue weighted by Crippen LogP contribution is -2.19. The van der Waals surface area contributed by atoms with E-state index < -0.39 is 23.3 Å². The Hall–Kier alpha value is -7.75. The van der Waals surface area contributed by atoms with Crippen LogP contribution in [0.5, 0.6) is 34.5 Å². The Kier molecular flexibility index (Phi) is 14.7. The predicted octanol–water partition coefficient (Wildman–Crippen LogP) is 8.96. The molecule has 0 aromatic heterocycles. The summed E-state index contributed by atoms with van der Waals surface area (Å²) in [6, 6.07) is 40.5. The molecule has 0 saturated carbocycles. The van der Waals surface area contributed by atoms with Gasteiger partial charge in [-0.2, -0.15) is 4.89 Å². The molecule has 12 heteroatoms. The number of ether oxygens (including phenoxy) is 4. The number of terminal acetylenes is 1. The monoisotopic (exact) mass is 796 g/mol. The van der Waals surface area contributed by atoms with Gasteiger partial charge < -0.3 is 39.2 Å². The summed E-state index contributed by atoms with van der Waals surface area (Å²) < 4.78 is 21.8. The molecular formula is C47H40O12. The molecule has 0 saturated heterocycles. The lowest BCUT2D eigenvalue weighted by Gasteiger charge is -2.26. The number of carboxylic acid groups (broad SMARTS) is 2. The first-order valence-electron chi connectivity index (χ1n) is 18.1. The molecule has 3 N–H and O–H groups in total. The van der Waals surface area contributed by atoms with Crippen LogP contribution in [0, 0.1) is 12.5 Å². The van der Waals surface area contributed by atoms with Crippen molar-refractivity contribution in [3.63, 3.8) is 0 Å². The van der Waals surface area contributed by atoms with Crippen LogP contribution in [0.25, 0.3) is 0 Å². The molecular weight excluding hydrogens is 757 g/mol. The zero-order chi connectivity index (χ0) is 42.2. The highest BCUT2D eigenvalue weighted by atomic mass is 17.2. The molecule has 0 radical (unpaired) electrons. The van der Waals surface area contributed by atoms with Crippen LogP contribution >= 0.6 is 0 Å². The molecule has 6 rings (SSSR count). The molecule has 0 bridgehead atoms. The first-order chi connectivity index (χ1) is 28.4. The van der Waals surface area contributed by atoms with Crippen molar-refractivity contribution in [1.82, 2.24) is 0 Å². The van der Waals surface area contributed by atoms with E-state index in [1.807, 2.05) is 68.5 Å². The van der Waals surface area contributed by atoms with Crippen molar-refractivity contribution in [2.75, 3.05) is 13.2 Å². The Morgan fingerprint density at radius 2 is 1.12 bits per heavy atom. The van der Waals surface area contributed by atoms with Crippen LogP contribution in [0.1, 0.15) is 61.6 Å². The van der Waals surface area contributed by atoms with E-state index in [0.29, 0.717) is 29.4 Å². The van der Waals surface area contributed by atoms with Crippen LogP contribution in [-0.2, 0) is 16.9 Å². The van der Waals surface area contributed by atoms with E-state index in [2.05, 4.69) is 0 Å². The number of esters is 1. The molecule has 0 aliphatic rings. The Morgan fingerprint density at radius 3 is 1.68 bits per heavy atom. The van der Waals surface area contributed by atoms with Gasteiger partial charge in [0, 0.05) is 11.0 Å². The second kappa shape index (κ2) is 20.4. The van der Waals surface area contributed by atoms with Crippen LogP contribution in [0.3, 0.4) is 0 Å². The Bertz CT molecular complexity index is 2370. The summed E-state index contributed by atoms with van der Waals surface area (Å²) in [5.74, 6) is -1.03. The van der Waals surface area contributed by atoms with Crippen LogP contribution in [0.4, 0.5) is 0 Å². The molecule has 0 aliphatic heterocycles. The highest BCUT2D eigenvalue weighted by molar-refractivity contribution is 6.03. The quantitative estimate of drug-likeness (QED) is 0.0213. The topological polar surface area (TPSA) is 167 Å². The lowest BCUT2D eigenvalue weighted by atomic mass is 9.78. The van der Waals surface area contributed by atoms with Gasteiger partial charge in [-0.3, -0.25) is 0 Å². The van der Waals surface area contributed by atoms with Crippen molar-refractivity contribution in [3.8, 4) is 47.0 Å². The minimum absolute atomic E-state index is 0.0586. The molecule has 0 amide bonds. The lowest BCUT2D eigenvalue weighted by molar-refractivity contribution is -0.217. The number of hydrogen-bond donors (Lipinski definition) is 3. The number of hydrogen-bond acceptors (Lipinski definition) is 10. The van der Waals surface area contributed by atoms with E-state index in [-0.39, 0.29) is 41.4 Å². The van der Waals surface area contributed by atoms with E-state index in [0.717, 1.165) is 16.9 Å². The second-order valence-electron chi connectivity index (χ2n) is 13.1. The van der Waals surface area contributed by atoms with E-state index in [1.54, 1.807) is 72.8 Å². The maximum absolute atomic E-state index is 12.9. The summed E-state index contributed by atoms with van der Waals surface area (Å²) in [7, 11) is 0. The first kappa shape index (κ1) is 42.4. The molecule has 0 unspecified atom stereocenters. The highest BCUT2D eigenvalue weighted by Gasteiger charge is 2.24. The minimum Gasteiger partial charge on any atom is -0.508 e. The summed E-state index contributed by atoms with van der Waals surface area (Å²) >= 11 is 0. The number of aromatic hydroxyl groups is 1. The predicted molar refractivity (Wildman–Crippen MR) is 217 cm³/mol. The molecule has 0 fully saturated rings. The second-order valence-corrected chi connectivity index (χ2v) is 13.1. The fourth-order valence-corrected chi connectivity index (χ4v) is 5.62. The first-order valence-corrected chi connectivity index (χ1v) is 18.1. The number of carboxylic acids is 2. The van der Waals surface area contributed by atoms with Gasteiger partial charge in [0.25, 0.3) is 0 Å². The van der Waals surface area contributed by atoms with Crippen molar-refractivity contribution in [2.45, 2.75) is 25.9 Å². The van der Waals surface area contributed by atoms with Gasteiger partial charge in [0.2, 0.25) is 0 Å². The van der Waals surface area contributed by atoms with Crippen LogP contribution < -0.4 is 23.8 Å². The van der Waals surface area contributed by atoms with Crippen molar-refractivity contribution in [2.24, 2.45) is 0 Å². The van der Waals surface area contributed by atoms with E-state index in [1.165, 1.54) is 24.3 Å². The Morgan fingerprint density at radius 1 is 0.593 bits per heavy atom. The third-order valence-corrected chi connectivity index (χ3v) is 8.78. The number of aromatic carboxylic acids is 2. The zero-order valence-corrected chi connectivity index (χ0v) is 32.1. The summed E-state index contributed by atoms with van der Waals surface area (Å²) in [4.78, 5) is 47.3. The normalized spacial score (nSPS) is 10.5. The number of carbonyl (C=O) groups excluding carboxylic acids is 1. The molecule has 0 atom stereocenters. The number of benzene rings is 6. The van der Waals surface area contributed by atoms with Crippen LogP contribution in [0.15, 0.2) is 146 Å². The van der Waals surface area contributed by atoms with Crippen LogP contribution in [0.2, 0.25) is 0 Å². The molecule has 0 aliphatic carbocycles. The van der Waals surface area contributed by atoms with E-state index in [9.17, 15) is 24.6 Å². The highest BCUT2D eigenvalue weighted by Crippen LogP contribution is 2.34. The van der Waals surface area contributed by atoms with Crippen molar-refractivity contribution >= 4 is 17.9 Å². The third-order valence-electron chi connectivity index (χ3n) is 8.78. The maximum atomic E-state index is 12.9. The van der Waals surface area contributed by atoms with Crippen molar-refractivity contribution in [1.29, 1.82) is 0 Å². The minimum atomic E-state index is -1.30. The fraction of sp³-hybridized carbons (Fsp3) is 0.128. The Balaban J connectivity index is 0.000000854. The summed E-state index contributed by atoms with van der Waals surface area (Å²) in [6.07, 6.45) is 7.13. The molecule has 0 spiro atoms. The molecule has 6 aromatic rings. The van der Waals surface area contributed by atoms with Gasteiger partial charge >= 0.3 is 17.9 Å².